The molecule has 12 heavy (non-hydrogen) atoms. The average Bonchev–Trinajstić information content (AvgIpc) is 2.05. The van der Waals surface area contributed by atoms with Crippen molar-refractivity contribution in [3.8, 4) is 0 Å². The van der Waals surface area contributed by atoms with Gasteiger partial charge in [0.2, 0.25) is 0 Å². The third-order valence-electron chi connectivity index (χ3n) is 1.90. The van der Waals surface area contributed by atoms with Gasteiger partial charge in [-0.2, -0.15) is 0 Å². The zero-order valence-corrected chi connectivity index (χ0v) is 7.92. The summed E-state index contributed by atoms with van der Waals surface area (Å²) in [5.41, 5.74) is 0. The number of nitrogens with zero attached hydrogens (tertiary/aromatic N) is 1. The molecule has 1 atom stereocenters. The second-order valence-electron chi connectivity index (χ2n) is 2.71. The summed E-state index contributed by atoms with van der Waals surface area (Å²) in [5, 5.41) is 3.17. The van der Waals surface area contributed by atoms with Gasteiger partial charge in [-0.25, -0.2) is 8.42 Å². The quantitative estimate of drug-likeness (QED) is 0.552. The maximum atomic E-state index is 10.2. The van der Waals surface area contributed by atoms with Crippen molar-refractivity contribution in [1.29, 1.82) is 0 Å². The van der Waals surface area contributed by atoms with Crippen LogP contribution in [-0.2, 0) is 15.2 Å². The van der Waals surface area contributed by atoms with E-state index in [1.165, 1.54) is 0 Å². The number of hydrogen-bond donors (Lipinski definition) is 2. The molecule has 0 radical (unpaired) electrons. The maximum absolute atomic E-state index is 10.2. The normalized spacial score (nSPS) is 22.8. The Kier molecular flexibility index (Phi) is 3.93. The number of hydrogen-bond acceptors (Lipinski definition) is 5. The molecule has 1 unspecified atom stereocenters. The van der Waals surface area contributed by atoms with Crippen LogP contribution in [0.5, 0.6) is 0 Å². The second kappa shape index (κ2) is 4.76. The van der Waals surface area contributed by atoms with Gasteiger partial charge in [0.25, 0.3) is 11.0 Å². The highest BCUT2D eigenvalue weighted by molar-refractivity contribution is 7.67. The first kappa shape index (κ1) is 9.91. The average molecular weight is 194 g/mol. The fourth-order valence-corrected chi connectivity index (χ4v) is 1.62. The Labute approximate surface area is 73.8 Å². The molecule has 1 rings (SSSR count). The molecule has 1 heterocycles. The van der Waals surface area contributed by atoms with E-state index in [4.69, 9.17) is 0 Å². The van der Waals surface area contributed by atoms with Crippen LogP contribution in [0.4, 0.5) is 0 Å². The molecule has 1 aliphatic rings. The van der Waals surface area contributed by atoms with Gasteiger partial charge in [0.15, 0.2) is 0 Å². The van der Waals surface area contributed by atoms with Gasteiger partial charge in [0, 0.05) is 26.2 Å². The zero-order chi connectivity index (χ0) is 8.97. The molecule has 6 heteroatoms. The number of nitrogens with one attached hydrogen (secondary N) is 1. The third-order valence-corrected chi connectivity index (χ3v) is 2.38. The summed E-state index contributed by atoms with van der Waals surface area (Å²) < 4.78 is 25.1. The van der Waals surface area contributed by atoms with Gasteiger partial charge >= 0.3 is 0 Å². The first-order valence-corrected chi connectivity index (χ1v) is 5.05. The van der Waals surface area contributed by atoms with Crippen molar-refractivity contribution in [2.24, 2.45) is 0 Å². The third kappa shape index (κ3) is 3.06. The van der Waals surface area contributed by atoms with Crippen LogP contribution in [0.1, 0.15) is 6.92 Å². The minimum atomic E-state index is -2.73. The Balaban J connectivity index is 2.34. The largest absolute Gasteiger partial charge is 0.314 e. The van der Waals surface area contributed by atoms with Gasteiger partial charge in [-0.1, -0.05) is 0 Å². The SMILES string of the molecule is CC(O[SH](=O)=O)N1CCNCC1. The lowest BCUT2D eigenvalue weighted by Crippen LogP contribution is -2.48. The topological polar surface area (TPSA) is 58.6 Å². The molecular weight excluding hydrogens is 180 g/mol. The lowest BCUT2D eigenvalue weighted by atomic mass is 10.3. The Morgan fingerprint density at radius 3 is 2.50 bits per heavy atom. The van der Waals surface area contributed by atoms with Gasteiger partial charge < -0.3 is 5.32 Å². The van der Waals surface area contributed by atoms with E-state index < -0.39 is 11.0 Å². The van der Waals surface area contributed by atoms with Gasteiger partial charge in [-0.15, -0.1) is 0 Å². The molecule has 0 aliphatic carbocycles. The van der Waals surface area contributed by atoms with E-state index in [1.54, 1.807) is 6.92 Å². The molecule has 0 saturated carbocycles. The van der Waals surface area contributed by atoms with Crippen LogP contribution >= 0.6 is 0 Å². The van der Waals surface area contributed by atoms with Crippen molar-refractivity contribution in [3.63, 3.8) is 0 Å². The van der Waals surface area contributed by atoms with Crippen molar-refractivity contribution in [3.05, 3.63) is 0 Å². The van der Waals surface area contributed by atoms with Crippen molar-refractivity contribution in [1.82, 2.24) is 10.2 Å². The van der Waals surface area contributed by atoms with Crippen LogP contribution in [0.15, 0.2) is 0 Å². The van der Waals surface area contributed by atoms with Crippen LogP contribution in [0, 0.1) is 0 Å². The molecule has 0 aromatic rings. The number of thiol groups is 1. The predicted molar refractivity (Wildman–Crippen MR) is 45.3 cm³/mol. The van der Waals surface area contributed by atoms with Crippen LogP contribution < -0.4 is 5.32 Å². The molecule has 1 aliphatic heterocycles. The Bertz CT molecular complexity index is 193. The molecule has 0 aromatic heterocycles. The van der Waals surface area contributed by atoms with E-state index in [0.717, 1.165) is 26.2 Å². The highest BCUT2D eigenvalue weighted by Crippen LogP contribution is 2.01. The van der Waals surface area contributed by atoms with Crippen molar-refractivity contribution < 1.29 is 12.6 Å². The highest BCUT2D eigenvalue weighted by Gasteiger charge is 2.16. The Morgan fingerprint density at radius 1 is 1.42 bits per heavy atom. The molecule has 5 nitrogen and oxygen atoms in total. The summed E-state index contributed by atoms with van der Waals surface area (Å²) in [6, 6.07) is 0. The van der Waals surface area contributed by atoms with E-state index >= 15 is 0 Å². The summed E-state index contributed by atoms with van der Waals surface area (Å²) in [6.07, 6.45) is -0.326. The summed E-state index contributed by atoms with van der Waals surface area (Å²) in [7, 11) is -2.73. The molecule has 72 valence electrons. The molecule has 0 amide bonds. The molecule has 1 fully saturated rings. The summed E-state index contributed by atoms with van der Waals surface area (Å²) in [6.45, 7) is 5.21. The molecule has 1 saturated heterocycles. The number of rotatable bonds is 3. The van der Waals surface area contributed by atoms with Crippen LogP contribution in [0.25, 0.3) is 0 Å². The first-order valence-electron chi connectivity index (χ1n) is 3.96. The van der Waals surface area contributed by atoms with E-state index in [2.05, 4.69) is 9.50 Å². The standard InChI is InChI=1S/C6H14N2O3S/c1-6(11-12(9)10)8-4-2-7-3-5-8/h6-7,12H,2-5H2,1H3. The second-order valence-corrected chi connectivity index (χ2v) is 3.37. The smallest absolute Gasteiger partial charge is 0.258 e. The minimum absolute atomic E-state index is 0.326. The molecule has 0 bridgehead atoms. The fraction of sp³-hybridized carbons (Fsp3) is 1.00. The van der Waals surface area contributed by atoms with Gasteiger partial charge in [-0.3, -0.25) is 9.08 Å². The molecule has 0 aromatic carbocycles. The maximum Gasteiger partial charge on any atom is 0.258 e. The summed E-state index contributed by atoms with van der Waals surface area (Å²) >= 11 is 0. The van der Waals surface area contributed by atoms with E-state index in [9.17, 15) is 8.42 Å². The fourth-order valence-electron chi connectivity index (χ4n) is 1.24. The van der Waals surface area contributed by atoms with Gasteiger partial charge in [0.1, 0.15) is 6.23 Å². The van der Waals surface area contributed by atoms with Gasteiger partial charge in [0.05, 0.1) is 0 Å². The molecular formula is C6H14N2O3S. The van der Waals surface area contributed by atoms with Crippen LogP contribution in [-0.4, -0.2) is 45.7 Å². The first-order chi connectivity index (χ1) is 5.70. The van der Waals surface area contributed by atoms with E-state index in [-0.39, 0.29) is 6.23 Å². The minimum Gasteiger partial charge on any atom is -0.314 e. The Morgan fingerprint density at radius 2 is 2.00 bits per heavy atom. The van der Waals surface area contributed by atoms with E-state index in [0.29, 0.717) is 0 Å². The lowest BCUT2D eigenvalue weighted by Gasteiger charge is -2.30. The van der Waals surface area contributed by atoms with E-state index in [1.807, 2.05) is 4.90 Å². The van der Waals surface area contributed by atoms with Crippen LogP contribution in [0.2, 0.25) is 0 Å². The highest BCUT2D eigenvalue weighted by atomic mass is 32.2. The lowest BCUT2D eigenvalue weighted by molar-refractivity contribution is 0.0400. The molecule has 1 N–H and O–H groups in total. The van der Waals surface area contributed by atoms with Gasteiger partial charge in [-0.05, 0) is 6.92 Å². The Hall–Kier alpha value is -0.170. The summed E-state index contributed by atoms with van der Waals surface area (Å²) in [4.78, 5) is 1.99. The monoisotopic (exact) mass is 194 g/mol. The summed E-state index contributed by atoms with van der Waals surface area (Å²) in [5.74, 6) is 0. The van der Waals surface area contributed by atoms with Crippen molar-refractivity contribution in [2.45, 2.75) is 13.2 Å². The zero-order valence-electron chi connectivity index (χ0n) is 7.02. The van der Waals surface area contributed by atoms with Crippen molar-refractivity contribution >= 4 is 11.0 Å². The molecule has 0 spiro atoms. The predicted octanol–water partition coefficient (Wildman–Crippen LogP) is -1.22. The van der Waals surface area contributed by atoms with Crippen LogP contribution in [0.3, 0.4) is 0 Å². The number of piperazine rings is 1. The van der Waals surface area contributed by atoms with Crippen molar-refractivity contribution in [2.75, 3.05) is 26.2 Å².